The van der Waals surface area contributed by atoms with Gasteiger partial charge in [0.05, 0.1) is 10.9 Å². The van der Waals surface area contributed by atoms with Gasteiger partial charge in [-0.2, -0.15) is 13.2 Å². The first-order chi connectivity index (χ1) is 9.70. The highest BCUT2D eigenvalue weighted by Crippen LogP contribution is 2.38. The van der Waals surface area contributed by atoms with Crippen molar-refractivity contribution in [1.82, 2.24) is 0 Å². The summed E-state index contributed by atoms with van der Waals surface area (Å²) in [7, 11) is 0. The van der Waals surface area contributed by atoms with Crippen LogP contribution in [0, 0.1) is 13.8 Å². The smallest absolute Gasteiger partial charge is 0.166 e. The highest BCUT2D eigenvalue weighted by Gasteiger charge is 2.33. The van der Waals surface area contributed by atoms with Crippen LogP contribution in [-0.4, -0.2) is 0 Å². The van der Waals surface area contributed by atoms with E-state index < -0.39 is 17.1 Å². The largest absolute Gasteiger partial charge is 0.417 e. The second-order valence-corrected chi connectivity index (χ2v) is 6.23. The van der Waals surface area contributed by atoms with E-state index >= 15 is 0 Å². The molecule has 0 saturated carbocycles. The van der Waals surface area contributed by atoms with E-state index in [4.69, 9.17) is 11.6 Å². The van der Waals surface area contributed by atoms with Crippen LogP contribution >= 0.6 is 27.5 Å². The Labute approximate surface area is 135 Å². The van der Waals surface area contributed by atoms with E-state index in [-0.39, 0.29) is 4.47 Å². The summed E-state index contributed by atoms with van der Waals surface area (Å²) in [4.78, 5) is 0. The van der Waals surface area contributed by atoms with Gasteiger partial charge in [0.25, 0.3) is 0 Å². The van der Waals surface area contributed by atoms with Crippen molar-refractivity contribution in [3.8, 4) is 0 Å². The van der Waals surface area contributed by atoms with Crippen LogP contribution in [0.5, 0.6) is 0 Å². The minimum atomic E-state index is -4.41. The molecule has 0 aliphatic heterocycles. The highest BCUT2D eigenvalue weighted by atomic mass is 79.9. The van der Waals surface area contributed by atoms with Crippen molar-refractivity contribution in [3.63, 3.8) is 0 Å². The number of hydrogen-bond acceptors (Lipinski definition) is 0. The molecule has 1 atom stereocenters. The van der Waals surface area contributed by atoms with Crippen molar-refractivity contribution in [2.75, 3.05) is 0 Å². The lowest BCUT2D eigenvalue weighted by Crippen LogP contribution is -2.07. The SMILES string of the molecule is Cc1ccc(C(Cl)c2ccc(Br)c(C(F)(F)F)c2)cc1C. The Morgan fingerprint density at radius 2 is 1.52 bits per heavy atom. The first-order valence-corrected chi connectivity index (χ1v) is 7.51. The van der Waals surface area contributed by atoms with Crippen LogP contribution in [0.2, 0.25) is 0 Å². The van der Waals surface area contributed by atoms with Gasteiger partial charge in [0.2, 0.25) is 0 Å². The highest BCUT2D eigenvalue weighted by molar-refractivity contribution is 9.10. The van der Waals surface area contributed by atoms with Crippen LogP contribution < -0.4 is 0 Å². The van der Waals surface area contributed by atoms with Gasteiger partial charge >= 0.3 is 6.18 Å². The molecule has 2 rings (SSSR count). The molecular formula is C16H13BrClF3. The molecule has 0 spiro atoms. The molecular weight excluding hydrogens is 365 g/mol. The molecule has 0 fully saturated rings. The Balaban J connectivity index is 2.44. The third kappa shape index (κ3) is 3.61. The lowest BCUT2D eigenvalue weighted by atomic mass is 9.99. The van der Waals surface area contributed by atoms with E-state index in [1.807, 2.05) is 32.0 Å². The first kappa shape index (κ1) is 16.4. The summed E-state index contributed by atoms with van der Waals surface area (Å²) in [5, 5.41) is -0.613. The summed E-state index contributed by atoms with van der Waals surface area (Å²) in [6, 6.07) is 9.75. The Morgan fingerprint density at radius 3 is 2.10 bits per heavy atom. The van der Waals surface area contributed by atoms with Gasteiger partial charge in [-0.05, 0) is 48.2 Å². The third-order valence-electron chi connectivity index (χ3n) is 3.41. The van der Waals surface area contributed by atoms with Gasteiger partial charge in [-0.1, -0.05) is 40.2 Å². The lowest BCUT2D eigenvalue weighted by molar-refractivity contribution is -0.138. The maximum Gasteiger partial charge on any atom is 0.417 e. The summed E-state index contributed by atoms with van der Waals surface area (Å²) in [5.41, 5.74) is 2.68. The van der Waals surface area contributed by atoms with Crippen LogP contribution in [0.4, 0.5) is 13.2 Å². The molecule has 0 amide bonds. The summed E-state index contributed by atoms with van der Waals surface area (Å²) in [6.45, 7) is 3.93. The second-order valence-electron chi connectivity index (χ2n) is 4.94. The average Bonchev–Trinajstić information content (AvgIpc) is 2.40. The van der Waals surface area contributed by atoms with Gasteiger partial charge in [-0.15, -0.1) is 11.6 Å². The van der Waals surface area contributed by atoms with Crippen molar-refractivity contribution in [2.45, 2.75) is 25.4 Å². The molecule has 0 heterocycles. The Kier molecular flexibility index (Phi) is 4.69. The molecule has 2 aromatic carbocycles. The maximum absolute atomic E-state index is 12.9. The number of aryl methyl sites for hydroxylation is 2. The summed E-state index contributed by atoms with van der Waals surface area (Å²) < 4.78 is 38.8. The monoisotopic (exact) mass is 376 g/mol. The van der Waals surface area contributed by atoms with Gasteiger partial charge in [-0.3, -0.25) is 0 Å². The maximum atomic E-state index is 12.9. The molecule has 0 bridgehead atoms. The van der Waals surface area contributed by atoms with Crippen LogP contribution in [0.25, 0.3) is 0 Å². The fraction of sp³-hybridized carbons (Fsp3) is 0.250. The zero-order valence-electron chi connectivity index (χ0n) is 11.4. The minimum absolute atomic E-state index is 0.0164. The molecule has 112 valence electrons. The molecule has 21 heavy (non-hydrogen) atoms. The Hall–Kier alpha value is -1.00. The molecule has 0 nitrogen and oxygen atoms in total. The van der Waals surface area contributed by atoms with Crippen LogP contribution in [0.1, 0.15) is 33.2 Å². The van der Waals surface area contributed by atoms with Crippen molar-refractivity contribution < 1.29 is 13.2 Å². The zero-order chi connectivity index (χ0) is 15.8. The predicted octanol–water partition coefficient (Wildman–Crippen LogP) is 6.41. The number of halogens is 5. The van der Waals surface area contributed by atoms with Gasteiger partial charge in [0.1, 0.15) is 0 Å². The number of hydrogen-bond donors (Lipinski definition) is 0. The van der Waals surface area contributed by atoms with Gasteiger partial charge < -0.3 is 0 Å². The lowest BCUT2D eigenvalue weighted by Gasteiger charge is -2.15. The van der Waals surface area contributed by atoms with Crippen molar-refractivity contribution in [1.29, 1.82) is 0 Å². The van der Waals surface area contributed by atoms with E-state index in [0.29, 0.717) is 5.56 Å². The minimum Gasteiger partial charge on any atom is -0.166 e. The molecule has 1 unspecified atom stereocenters. The molecule has 0 radical (unpaired) electrons. The van der Waals surface area contributed by atoms with E-state index in [0.717, 1.165) is 22.8 Å². The van der Waals surface area contributed by atoms with Crippen molar-refractivity contribution >= 4 is 27.5 Å². The molecule has 5 heteroatoms. The van der Waals surface area contributed by atoms with Gasteiger partial charge in [0.15, 0.2) is 0 Å². The van der Waals surface area contributed by atoms with Crippen LogP contribution in [-0.2, 0) is 6.18 Å². The standard InChI is InChI=1S/C16H13BrClF3/c1-9-3-4-11(7-10(9)2)15(18)12-5-6-14(17)13(8-12)16(19,20)21/h3-8,15H,1-2H3. The summed E-state index contributed by atoms with van der Waals surface area (Å²) in [6.07, 6.45) is -4.41. The van der Waals surface area contributed by atoms with Crippen molar-refractivity contribution in [3.05, 3.63) is 68.7 Å². The quantitative estimate of drug-likeness (QED) is 0.530. The number of rotatable bonds is 2. The van der Waals surface area contributed by atoms with Gasteiger partial charge in [-0.25, -0.2) is 0 Å². The Bertz CT molecular complexity index is 665. The molecule has 0 aliphatic carbocycles. The topological polar surface area (TPSA) is 0 Å². The molecule has 2 aromatic rings. The van der Waals surface area contributed by atoms with Crippen molar-refractivity contribution in [2.24, 2.45) is 0 Å². The predicted molar refractivity (Wildman–Crippen MR) is 82.8 cm³/mol. The van der Waals surface area contributed by atoms with Gasteiger partial charge in [0, 0.05) is 4.47 Å². The normalized spacial score (nSPS) is 13.3. The summed E-state index contributed by atoms with van der Waals surface area (Å²) >= 11 is 9.28. The molecule has 0 aliphatic rings. The van der Waals surface area contributed by atoms with Crippen LogP contribution in [0.15, 0.2) is 40.9 Å². The third-order valence-corrected chi connectivity index (χ3v) is 4.61. The molecule has 0 saturated heterocycles. The van der Waals surface area contributed by atoms with Crippen LogP contribution in [0.3, 0.4) is 0 Å². The second kappa shape index (κ2) is 6.01. The fourth-order valence-electron chi connectivity index (χ4n) is 2.03. The first-order valence-electron chi connectivity index (χ1n) is 6.28. The van der Waals surface area contributed by atoms with E-state index in [9.17, 15) is 13.2 Å². The average molecular weight is 378 g/mol. The zero-order valence-corrected chi connectivity index (χ0v) is 13.8. The van der Waals surface area contributed by atoms with E-state index in [1.165, 1.54) is 6.07 Å². The van der Waals surface area contributed by atoms with E-state index in [2.05, 4.69) is 15.9 Å². The fourth-order valence-corrected chi connectivity index (χ4v) is 2.78. The Morgan fingerprint density at radius 1 is 0.952 bits per heavy atom. The number of benzene rings is 2. The molecule has 0 aromatic heterocycles. The molecule has 0 N–H and O–H groups in total. The van der Waals surface area contributed by atoms with E-state index in [1.54, 1.807) is 6.07 Å². The number of alkyl halides is 4. The summed E-state index contributed by atoms with van der Waals surface area (Å²) in [5.74, 6) is 0.